The molecule has 2 aliphatic rings. The van der Waals surface area contributed by atoms with Crippen LogP contribution >= 0.6 is 0 Å². The molecule has 2 amide bonds. The zero-order chi connectivity index (χ0) is 24.5. The minimum absolute atomic E-state index is 0.0317. The average molecular weight is 475 g/mol. The Morgan fingerprint density at radius 1 is 0.500 bits per heavy atom. The van der Waals surface area contributed by atoms with Crippen LogP contribution < -0.4 is 10.6 Å². The number of para-hydroxylation sites is 2. The van der Waals surface area contributed by atoms with Gasteiger partial charge in [0.15, 0.2) is 0 Å². The van der Waals surface area contributed by atoms with Crippen LogP contribution in [0.3, 0.4) is 0 Å². The van der Waals surface area contributed by atoms with Gasteiger partial charge in [0.2, 0.25) is 0 Å². The van der Waals surface area contributed by atoms with Crippen molar-refractivity contribution in [2.45, 2.75) is 12.3 Å². The van der Waals surface area contributed by atoms with Crippen molar-refractivity contribution in [2.24, 2.45) is 0 Å². The zero-order valence-corrected chi connectivity index (χ0v) is 19.7. The molecule has 6 heteroatoms. The number of fused-ring (bicyclic) bond motifs is 2. The smallest absolute Gasteiger partial charge is 0.256 e. The van der Waals surface area contributed by atoms with E-state index in [0.29, 0.717) is 24.2 Å². The topological polar surface area (TPSA) is 64.7 Å². The summed E-state index contributed by atoms with van der Waals surface area (Å²) in [5.41, 5.74) is 5.15. The van der Waals surface area contributed by atoms with Gasteiger partial charge in [0.25, 0.3) is 11.8 Å². The van der Waals surface area contributed by atoms with Gasteiger partial charge in [0.1, 0.15) is 12.3 Å². The molecule has 4 aromatic rings. The van der Waals surface area contributed by atoms with Gasteiger partial charge in [-0.1, -0.05) is 72.8 Å². The standard InChI is InChI=1S/C30H26N4O2/c35-29-25-17-9-7-15-23(25)27(31-21-11-3-1-4-12-21)33(29)19-20-34-28(32-22-13-5-2-6-14-22)24-16-8-10-18-26(24)30(34)36/h1-18,27-28,31-32H,19-20H2/t27-,28-/m1/s1. The highest BCUT2D eigenvalue weighted by atomic mass is 16.2. The lowest BCUT2D eigenvalue weighted by atomic mass is 10.1. The minimum atomic E-state index is -0.309. The van der Waals surface area contributed by atoms with Crippen molar-refractivity contribution in [1.82, 2.24) is 9.80 Å². The van der Waals surface area contributed by atoms with Crippen LogP contribution in [0.5, 0.6) is 0 Å². The molecule has 0 saturated carbocycles. The summed E-state index contributed by atoms with van der Waals surface area (Å²) in [4.78, 5) is 30.5. The fourth-order valence-electron chi connectivity index (χ4n) is 5.11. The summed E-state index contributed by atoms with van der Waals surface area (Å²) in [6.45, 7) is 0.787. The molecule has 36 heavy (non-hydrogen) atoms. The lowest BCUT2D eigenvalue weighted by molar-refractivity contribution is 0.0634. The van der Waals surface area contributed by atoms with E-state index in [1.165, 1.54) is 0 Å². The minimum Gasteiger partial charge on any atom is -0.361 e. The van der Waals surface area contributed by atoms with Crippen LogP contribution in [-0.2, 0) is 0 Å². The zero-order valence-electron chi connectivity index (χ0n) is 19.7. The number of carbonyl (C=O) groups excluding carboxylic acids is 2. The Labute approximate surface area is 210 Å². The van der Waals surface area contributed by atoms with E-state index in [2.05, 4.69) is 10.6 Å². The molecule has 6 nitrogen and oxygen atoms in total. The van der Waals surface area contributed by atoms with Crippen molar-refractivity contribution in [3.8, 4) is 0 Å². The number of anilines is 2. The van der Waals surface area contributed by atoms with Crippen LogP contribution in [0, 0.1) is 0 Å². The van der Waals surface area contributed by atoms with Crippen LogP contribution in [0.2, 0.25) is 0 Å². The van der Waals surface area contributed by atoms with E-state index in [0.717, 1.165) is 22.5 Å². The quantitative estimate of drug-likeness (QED) is 0.370. The number of nitrogens with one attached hydrogen (secondary N) is 2. The second kappa shape index (κ2) is 9.23. The molecule has 0 radical (unpaired) electrons. The molecule has 0 unspecified atom stereocenters. The van der Waals surface area contributed by atoms with Gasteiger partial charge in [-0.15, -0.1) is 0 Å². The molecule has 2 N–H and O–H groups in total. The van der Waals surface area contributed by atoms with Gasteiger partial charge in [0.05, 0.1) is 0 Å². The Bertz CT molecular complexity index is 1300. The first-order valence-electron chi connectivity index (χ1n) is 12.1. The SMILES string of the molecule is O=C1c2ccccc2[C@H](Nc2ccccc2)N1CCN1C(=O)c2ccccc2[C@@H]1Nc1ccccc1. The van der Waals surface area contributed by atoms with Crippen LogP contribution in [0.15, 0.2) is 109 Å². The fraction of sp³-hybridized carbons (Fsp3) is 0.133. The third kappa shape index (κ3) is 3.86. The second-order valence-electron chi connectivity index (χ2n) is 9.00. The summed E-state index contributed by atoms with van der Waals surface area (Å²) in [6, 6.07) is 35.2. The summed E-state index contributed by atoms with van der Waals surface area (Å²) >= 11 is 0. The van der Waals surface area contributed by atoms with Gasteiger partial charge < -0.3 is 20.4 Å². The molecule has 0 saturated heterocycles. The summed E-state index contributed by atoms with van der Waals surface area (Å²) < 4.78 is 0. The predicted octanol–water partition coefficient (Wildman–Crippen LogP) is 5.52. The monoisotopic (exact) mass is 474 g/mol. The third-order valence-corrected chi connectivity index (χ3v) is 6.85. The van der Waals surface area contributed by atoms with E-state index in [1.54, 1.807) is 0 Å². The summed E-state index contributed by atoms with van der Waals surface area (Å²) in [7, 11) is 0. The van der Waals surface area contributed by atoms with Crippen LogP contribution in [-0.4, -0.2) is 34.7 Å². The molecular formula is C30H26N4O2. The third-order valence-electron chi connectivity index (χ3n) is 6.85. The lowest BCUT2D eigenvalue weighted by Crippen LogP contribution is -2.42. The summed E-state index contributed by atoms with van der Waals surface area (Å²) in [5, 5.41) is 7.04. The van der Waals surface area contributed by atoms with Crippen LogP contribution in [0.1, 0.15) is 44.2 Å². The molecule has 0 spiro atoms. The van der Waals surface area contributed by atoms with Crippen LogP contribution in [0.4, 0.5) is 11.4 Å². The van der Waals surface area contributed by atoms with Gasteiger partial charge in [-0.3, -0.25) is 9.59 Å². The number of nitrogens with zero attached hydrogens (tertiary/aromatic N) is 2. The lowest BCUT2D eigenvalue weighted by Gasteiger charge is -2.32. The average Bonchev–Trinajstić information content (AvgIpc) is 3.34. The van der Waals surface area contributed by atoms with E-state index in [9.17, 15) is 9.59 Å². The van der Waals surface area contributed by atoms with Crippen molar-refractivity contribution in [3.63, 3.8) is 0 Å². The molecule has 2 atom stereocenters. The van der Waals surface area contributed by atoms with Gasteiger partial charge in [-0.2, -0.15) is 0 Å². The first-order valence-corrected chi connectivity index (χ1v) is 12.1. The Balaban J connectivity index is 1.28. The normalized spacial score (nSPS) is 18.2. The number of rotatable bonds is 7. The number of amides is 2. The second-order valence-corrected chi connectivity index (χ2v) is 9.00. The molecule has 2 aliphatic heterocycles. The van der Waals surface area contributed by atoms with E-state index in [-0.39, 0.29) is 24.1 Å². The highest BCUT2D eigenvalue weighted by molar-refractivity contribution is 6.00. The Morgan fingerprint density at radius 3 is 1.28 bits per heavy atom. The molecule has 2 heterocycles. The van der Waals surface area contributed by atoms with Crippen molar-refractivity contribution in [3.05, 3.63) is 131 Å². The van der Waals surface area contributed by atoms with Crippen molar-refractivity contribution in [2.75, 3.05) is 23.7 Å². The van der Waals surface area contributed by atoms with Crippen LogP contribution in [0.25, 0.3) is 0 Å². The summed E-state index contributed by atoms with van der Waals surface area (Å²) in [6.07, 6.45) is -0.617. The highest BCUT2D eigenvalue weighted by Gasteiger charge is 2.40. The van der Waals surface area contributed by atoms with Crippen molar-refractivity contribution >= 4 is 23.2 Å². The fourth-order valence-corrected chi connectivity index (χ4v) is 5.11. The molecule has 6 rings (SSSR count). The van der Waals surface area contributed by atoms with Gasteiger partial charge in [-0.05, 0) is 36.4 Å². The number of carbonyl (C=O) groups is 2. The highest BCUT2D eigenvalue weighted by Crippen LogP contribution is 2.37. The van der Waals surface area contributed by atoms with Gasteiger partial charge in [0, 0.05) is 46.7 Å². The molecule has 0 aliphatic carbocycles. The molecular weight excluding hydrogens is 448 g/mol. The molecule has 0 bridgehead atoms. The van der Waals surface area contributed by atoms with E-state index in [1.807, 2.05) is 119 Å². The van der Waals surface area contributed by atoms with E-state index in [4.69, 9.17) is 0 Å². The number of hydrogen-bond acceptors (Lipinski definition) is 4. The molecule has 0 aromatic heterocycles. The first kappa shape index (κ1) is 21.9. The van der Waals surface area contributed by atoms with E-state index < -0.39 is 0 Å². The number of benzene rings is 4. The number of hydrogen-bond donors (Lipinski definition) is 2. The Morgan fingerprint density at radius 2 is 0.861 bits per heavy atom. The molecule has 0 fully saturated rings. The van der Waals surface area contributed by atoms with E-state index >= 15 is 0 Å². The van der Waals surface area contributed by atoms with Crippen molar-refractivity contribution in [1.29, 1.82) is 0 Å². The molecule has 4 aromatic carbocycles. The Hall–Kier alpha value is -4.58. The maximum Gasteiger partial charge on any atom is 0.256 e. The van der Waals surface area contributed by atoms with Gasteiger partial charge >= 0.3 is 0 Å². The predicted molar refractivity (Wildman–Crippen MR) is 141 cm³/mol. The maximum absolute atomic E-state index is 13.4. The van der Waals surface area contributed by atoms with Crippen molar-refractivity contribution < 1.29 is 9.59 Å². The van der Waals surface area contributed by atoms with Gasteiger partial charge in [-0.25, -0.2) is 0 Å². The largest absolute Gasteiger partial charge is 0.361 e. The first-order chi connectivity index (χ1) is 17.7. The maximum atomic E-state index is 13.4. The summed E-state index contributed by atoms with van der Waals surface area (Å²) in [5.74, 6) is -0.0634. The Kier molecular flexibility index (Phi) is 5.62. The molecule has 178 valence electrons.